The molecule has 1 amide bonds. The molecule has 144 valence electrons. The lowest BCUT2D eigenvalue weighted by atomic mass is 10.2. The normalized spacial score (nSPS) is 10.5. The molecule has 3 aromatic carbocycles. The molecule has 0 atom stereocenters. The van der Waals surface area contributed by atoms with E-state index in [9.17, 15) is 4.79 Å². The van der Waals surface area contributed by atoms with Crippen LogP contribution in [-0.2, 0) is 11.4 Å². The van der Waals surface area contributed by atoms with Gasteiger partial charge in [0.05, 0.1) is 0 Å². The predicted octanol–water partition coefficient (Wildman–Crippen LogP) is 6.43. The lowest BCUT2D eigenvalue weighted by Gasteiger charge is -2.08. The first-order chi connectivity index (χ1) is 13.7. The fourth-order valence-corrected chi connectivity index (χ4v) is 3.53. The Bertz CT molecular complexity index is 867. The summed E-state index contributed by atoms with van der Waals surface area (Å²) in [7, 11) is 0. The summed E-state index contributed by atoms with van der Waals surface area (Å²) in [6.07, 6.45) is 1.31. The Kier molecular flexibility index (Phi) is 7.82. The van der Waals surface area contributed by atoms with Crippen LogP contribution in [0.4, 0.5) is 5.69 Å². The Balaban J connectivity index is 1.36. The van der Waals surface area contributed by atoms with Crippen LogP contribution in [0.15, 0.2) is 83.8 Å². The van der Waals surface area contributed by atoms with Gasteiger partial charge in [0.1, 0.15) is 12.4 Å². The number of carbonyl (C=O) groups is 1. The van der Waals surface area contributed by atoms with E-state index in [2.05, 4.69) is 5.32 Å². The summed E-state index contributed by atoms with van der Waals surface area (Å²) >= 11 is 7.60. The fraction of sp³-hybridized carbons (Fsp3) is 0.174. The van der Waals surface area contributed by atoms with Crippen LogP contribution in [0.5, 0.6) is 5.75 Å². The average Bonchev–Trinajstić information content (AvgIpc) is 2.73. The quantitative estimate of drug-likeness (QED) is 0.325. The van der Waals surface area contributed by atoms with Crippen molar-refractivity contribution in [3.05, 3.63) is 89.4 Å². The molecule has 0 spiro atoms. The van der Waals surface area contributed by atoms with Gasteiger partial charge in [-0.1, -0.05) is 41.9 Å². The van der Waals surface area contributed by atoms with Gasteiger partial charge in [0, 0.05) is 22.0 Å². The lowest BCUT2D eigenvalue weighted by molar-refractivity contribution is -0.116. The molecule has 1 N–H and O–H groups in total. The largest absolute Gasteiger partial charge is 0.489 e. The summed E-state index contributed by atoms with van der Waals surface area (Å²) in [5, 5.41) is 3.66. The van der Waals surface area contributed by atoms with Gasteiger partial charge in [0.25, 0.3) is 0 Å². The number of amides is 1. The molecule has 0 aliphatic rings. The van der Waals surface area contributed by atoms with E-state index in [4.69, 9.17) is 16.3 Å². The zero-order chi connectivity index (χ0) is 19.6. The highest BCUT2D eigenvalue weighted by molar-refractivity contribution is 7.99. The Morgan fingerprint density at radius 3 is 2.36 bits per heavy atom. The highest BCUT2D eigenvalue weighted by Gasteiger charge is 2.04. The first-order valence-electron chi connectivity index (χ1n) is 9.14. The van der Waals surface area contributed by atoms with Gasteiger partial charge in [-0.05, 0) is 66.3 Å². The van der Waals surface area contributed by atoms with Crippen molar-refractivity contribution in [2.45, 2.75) is 24.3 Å². The molecule has 5 heteroatoms. The van der Waals surface area contributed by atoms with E-state index in [1.807, 2.05) is 78.9 Å². The smallest absolute Gasteiger partial charge is 0.224 e. The molecule has 0 radical (unpaired) electrons. The van der Waals surface area contributed by atoms with Crippen molar-refractivity contribution >= 4 is 35.0 Å². The van der Waals surface area contributed by atoms with Crippen LogP contribution in [-0.4, -0.2) is 11.7 Å². The van der Waals surface area contributed by atoms with E-state index in [0.717, 1.165) is 39.1 Å². The van der Waals surface area contributed by atoms with Crippen LogP contribution in [0.3, 0.4) is 0 Å². The van der Waals surface area contributed by atoms with Crippen LogP contribution >= 0.6 is 23.4 Å². The number of carbonyl (C=O) groups excluding carboxylic acids is 1. The van der Waals surface area contributed by atoms with Crippen molar-refractivity contribution in [2.24, 2.45) is 0 Å². The van der Waals surface area contributed by atoms with Gasteiger partial charge in [-0.2, -0.15) is 0 Å². The molecular weight excluding hydrogens is 390 g/mol. The number of ether oxygens (including phenoxy) is 1. The number of rotatable bonds is 9. The van der Waals surface area contributed by atoms with Gasteiger partial charge >= 0.3 is 0 Å². The van der Waals surface area contributed by atoms with E-state index in [1.54, 1.807) is 11.8 Å². The van der Waals surface area contributed by atoms with E-state index in [-0.39, 0.29) is 5.91 Å². The maximum Gasteiger partial charge on any atom is 0.224 e. The third-order valence-corrected chi connectivity index (χ3v) is 5.37. The van der Waals surface area contributed by atoms with E-state index in [0.29, 0.717) is 13.0 Å². The van der Waals surface area contributed by atoms with Crippen LogP contribution in [0.1, 0.15) is 18.4 Å². The SMILES string of the molecule is O=C(CCCSc1ccc(Cl)cc1)Nc1ccc(OCc2ccccc2)cc1. The number of nitrogens with one attached hydrogen (secondary N) is 1. The predicted molar refractivity (Wildman–Crippen MR) is 117 cm³/mol. The first kappa shape index (κ1) is 20.3. The van der Waals surface area contributed by atoms with Crippen LogP contribution < -0.4 is 10.1 Å². The van der Waals surface area contributed by atoms with Gasteiger partial charge in [0.2, 0.25) is 5.91 Å². The average molecular weight is 412 g/mol. The Hall–Kier alpha value is -2.43. The maximum absolute atomic E-state index is 12.1. The third kappa shape index (κ3) is 6.95. The van der Waals surface area contributed by atoms with Crippen LogP contribution in [0, 0.1) is 0 Å². The van der Waals surface area contributed by atoms with Crippen molar-refractivity contribution in [3.8, 4) is 5.75 Å². The molecule has 0 unspecified atom stereocenters. The Labute approximate surface area is 175 Å². The lowest BCUT2D eigenvalue weighted by Crippen LogP contribution is -2.11. The number of halogens is 1. The minimum atomic E-state index is 0.0228. The van der Waals surface area contributed by atoms with Crippen LogP contribution in [0.25, 0.3) is 0 Å². The first-order valence-corrected chi connectivity index (χ1v) is 10.5. The van der Waals surface area contributed by atoms with E-state index >= 15 is 0 Å². The zero-order valence-corrected chi connectivity index (χ0v) is 17.0. The van der Waals surface area contributed by atoms with E-state index < -0.39 is 0 Å². The standard InChI is InChI=1S/C23H22ClNO2S/c24-19-8-14-22(15-9-19)28-16-4-7-23(26)25-20-10-12-21(13-11-20)27-17-18-5-2-1-3-6-18/h1-3,5-6,8-15H,4,7,16-17H2,(H,25,26). The summed E-state index contributed by atoms with van der Waals surface area (Å²) in [4.78, 5) is 13.3. The number of hydrogen-bond acceptors (Lipinski definition) is 3. The van der Waals surface area contributed by atoms with Crippen molar-refractivity contribution in [1.82, 2.24) is 0 Å². The molecule has 0 heterocycles. The molecule has 0 saturated carbocycles. The second-order valence-corrected chi connectivity index (χ2v) is 7.86. The minimum absolute atomic E-state index is 0.0228. The molecule has 3 aromatic rings. The molecular formula is C23H22ClNO2S. The molecule has 28 heavy (non-hydrogen) atoms. The topological polar surface area (TPSA) is 38.3 Å². The Morgan fingerprint density at radius 2 is 1.64 bits per heavy atom. The highest BCUT2D eigenvalue weighted by Crippen LogP contribution is 2.22. The molecule has 0 aliphatic carbocycles. The number of benzene rings is 3. The molecule has 0 aromatic heterocycles. The van der Waals surface area contributed by atoms with Gasteiger partial charge in [-0.3, -0.25) is 4.79 Å². The van der Waals surface area contributed by atoms with Crippen molar-refractivity contribution in [2.75, 3.05) is 11.1 Å². The van der Waals surface area contributed by atoms with Crippen LogP contribution in [0.2, 0.25) is 5.02 Å². The second kappa shape index (κ2) is 10.8. The van der Waals surface area contributed by atoms with Gasteiger partial charge in [0.15, 0.2) is 0 Å². The molecule has 3 rings (SSSR count). The fourth-order valence-electron chi connectivity index (χ4n) is 2.55. The van der Waals surface area contributed by atoms with Gasteiger partial charge in [-0.15, -0.1) is 11.8 Å². The molecule has 3 nitrogen and oxygen atoms in total. The minimum Gasteiger partial charge on any atom is -0.489 e. The number of thioether (sulfide) groups is 1. The summed E-state index contributed by atoms with van der Waals surface area (Å²) in [5.41, 5.74) is 1.90. The van der Waals surface area contributed by atoms with Gasteiger partial charge in [-0.25, -0.2) is 0 Å². The second-order valence-electron chi connectivity index (χ2n) is 6.25. The zero-order valence-electron chi connectivity index (χ0n) is 15.4. The molecule has 0 aliphatic heterocycles. The summed E-state index contributed by atoms with van der Waals surface area (Å²) in [6, 6.07) is 25.2. The van der Waals surface area contributed by atoms with E-state index in [1.165, 1.54) is 0 Å². The third-order valence-electron chi connectivity index (χ3n) is 4.02. The monoisotopic (exact) mass is 411 g/mol. The van der Waals surface area contributed by atoms with Crippen molar-refractivity contribution < 1.29 is 9.53 Å². The number of anilines is 1. The molecule has 0 bridgehead atoms. The van der Waals surface area contributed by atoms with Crippen molar-refractivity contribution in [1.29, 1.82) is 0 Å². The maximum atomic E-state index is 12.1. The van der Waals surface area contributed by atoms with Crippen molar-refractivity contribution in [3.63, 3.8) is 0 Å². The Morgan fingerprint density at radius 1 is 0.929 bits per heavy atom. The summed E-state index contributed by atoms with van der Waals surface area (Å²) in [6.45, 7) is 0.526. The summed E-state index contributed by atoms with van der Waals surface area (Å²) < 4.78 is 5.76. The highest BCUT2D eigenvalue weighted by atomic mass is 35.5. The number of hydrogen-bond donors (Lipinski definition) is 1. The molecule has 0 fully saturated rings. The molecule has 0 saturated heterocycles. The van der Waals surface area contributed by atoms with Gasteiger partial charge < -0.3 is 10.1 Å². The summed E-state index contributed by atoms with van der Waals surface area (Å²) in [5.74, 6) is 1.69.